The number of nitrogens with one attached hydrogen (secondary N) is 2. The van der Waals surface area contributed by atoms with E-state index in [1.54, 1.807) is 14.1 Å². The highest BCUT2D eigenvalue weighted by atomic mass is 16.2. The Morgan fingerprint density at radius 1 is 0.833 bits per heavy atom. The summed E-state index contributed by atoms with van der Waals surface area (Å²) in [6.45, 7) is 2.09. The molecule has 12 nitrogen and oxygen atoms in total. The zero-order valence-corrected chi connectivity index (χ0v) is 17.5. The van der Waals surface area contributed by atoms with Crippen molar-refractivity contribution in [3.8, 4) is 0 Å². The SMILES string of the molecule is CCCCc1nc2c([nH]1)c(=O)n(C)c(=O)n2C.Cn1c(=O)c2[nH]cnc2n(C)c1=O. The first-order valence-corrected chi connectivity index (χ1v) is 9.42. The van der Waals surface area contributed by atoms with Crippen LogP contribution < -0.4 is 22.5 Å². The van der Waals surface area contributed by atoms with Crippen LogP contribution in [-0.4, -0.2) is 38.2 Å². The third kappa shape index (κ3) is 3.40. The summed E-state index contributed by atoms with van der Waals surface area (Å²) >= 11 is 0. The van der Waals surface area contributed by atoms with Gasteiger partial charge in [0.05, 0.1) is 6.33 Å². The summed E-state index contributed by atoms with van der Waals surface area (Å²) < 4.78 is 4.85. The topological polar surface area (TPSA) is 145 Å². The summed E-state index contributed by atoms with van der Waals surface area (Å²) in [5.74, 6) is 0.764. The van der Waals surface area contributed by atoms with Crippen molar-refractivity contribution < 1.29 is 0 Å². The minimum absolute atomic E-state index is 0.321. The van der Waals surface area contributed by atoms with E-state index in [1.165, 1.54) is 29.6 Å². The van der Waals surface area contributed by atoms with Crippen molar-refractivity contribution in [1.82, 2.24) is 38.2 Å². The van der Waals surface area contributed by atoms with Gasteiger partial charge in [0.2, 0.25) is 0 Å². The van der Waals surface area contributed by atoms with Crippen LogP contribution in [0.1, 0.15) is 25.6 Å². The van der Waals surface area contributed by atoms with Crippen LogP contribution in [-0.2, 0) is 34.6 Å². The van der Waals surface area contributed by atoms with E-state index in [1.807, 2.05) is 0 Å². The van der Waals surface area contributed by atoms with E-state index < -0.39 is 0 Å². The van der Waals surface area contributed by atoms with Crippen LogP contribution in [0.5, 0.6) is 0 Å². The van der Waals surface area contributed by atoms with E-state index in [9.17, 15) is 19.2 Å². The first-order chi connectivity index (χ1) is 14.2. The Morgan fingerprint density at radius 2 is 1.40 bits per heavy atom. The molecule has 2 N–H and O–H groups in total. The summed E-state index contributed by atoms with van der Waals surface area (Å²) in [5, 5.41) is 0. The first-order valence-electron chi connectivity index (χ1n) is 9.42. The molecule has 0 amide bonds. The van der Waals surface area contributed by atoms with Crippen molar-refractivity contribution in [2.75, 3.05) is 0 Å². The average molecular weight is 416 g/mol. The van der Waals surface area contributed by atoms with Gasteiger partial charge in [-0.15, -0.1) is 0 Å². The fraction of sp³-hybridized carbons (Fsp3) is 0.444. The maximum atomic E-state index is 11.9. The maximum Gasteiger partial charge on any atom is 0.332 e. The number of nitrogens with zero attached hydrogens (tertiary/aromatic N) is 6. The predicted molar refractivity (Wildman–Crippen MR) is 112 cm³/mol. The van der Waals surface area contributed by atoms with Crippen molar-refractivity contribution in [1.29, 1.82) is 0 Å². The van der Waals surface area contributed by atoms with Gasteiger partial charge in [-0.25, -0.2) is 19.6 Å². The molecule has 0 spiro atoms. The number of hydrogen-bond donors (Lipinski definition) is 2. The Morgan fingerprint density at radius 3 is 2.00 bits per heavy atom. The Labute approximate surface area is 169 Å². The van der Waals surface area contributed by atoms with E-state index in [4.69, 9.17) is 0 Å². The highest BCUT2D eigenvalue weighted by molar-refractivity contribution is 5.69. The standard InChI is InChI=1S/C11H16N4O2.C7H8N4O2/c1-4-5-6-7-12-8-9(13-7)14(2)11(17)15(3)10(8)16;1-10-5-4(8-3-9-5)6(12)11(2)7(10)13/h4-6H2,1-3H3,(H,12,13);3H,1-2H3,(H,8,9). The molecule has 0 saturated carbocycles. The van der Waals surface area contributed by atoms with Gasteiger partial charge in [-0.3, -0.25) is 27.9 Å². The minimum atomic E-state index is -0.371. The smallest absolute Gasteiger partial charge is 0.332 e. The molecule has 0 atom stereocenters. The Kier molecular flexibility index (Phi) is 5.58. The third-order valence-electron chi connectivity index (χ3n) is 4.94. The van der Waals surface area contributed by atoms with Gasteiger partial charge in [0.25, 0.3) is 11.1 Å². The molecule has 4 rings (SSSR count). The quantitative estimate of drug-likeness (QED) is 0.450. The fourth-order valence-corrected chi connectivity index (χ4v) is 3.11. The minimum Gasteiger partial charge on any atom is -0.339 e. The van der Waals surface area contributed by atoms with Crippen LogP contribution >= 0.6 is 0 Å². The predicted octanol–water partition coefficient (Wildman–Crippen LogP) is -0.737. The molecule has 0 bridgehead atoms. The van der Waals surface area contributed by atoms with Crippen molar-refractivity contribution in [3.05, 3.63) is 53.8 Å². The van der Waals surface area contributed by atoms with Gasteiger partial charge in [0, 0.05) is 34.6 Å². The van der Waals surface area contributed by atoms with Crippen LogP contribution in [0.3, 0.4) is 0 Å². The van der Waals surface area contributed by atoms with Crippen LogP contribution in [0.4, 0.5) is 0 Å². The van der Waals surface area contributed by atoms with E-state index >= 15 is 0 Å². The van der Waals surface area contributed by atoms with Crippen molar-refractivity contribution in [2.24, 2.45) is 28.2 Å². The molecule has 4 aromatic rings. The van der Waals surface area contributed by atoms with E-state index in [-0.39, 0.29) is 22.5 Å². The number of H-pyrrole nitrogens is 2. The van der Waals surface area contributed by atoms with E-state index in [2.05, 4.69) is 26.9 Å². The number of aromatic nitrogens is 8. The van der Waals surface area contributed by atoms with Crippen LogP contribution in [0.15, 0.2) is 25.5 Å². The van der Waals surface area contributed by atoms with Crippen LogP contribution in [0, 0.1) is 0 Å². The first kappa shape index (κ1) is 21.0. The molecule has 4 aromatic heterocycles. The molecule has 0 aliphatic heterocycles. The van der Waals surface area contributed by atoms with Crippen LogP contribution in [0.2, 0.25) is 0 Å². The lowest BCUT2D eigenvalue weighted by molar-refractivity contribution is 0.708. The second-order valence-corrected chi connectivity index (χ2v) is 7.00. The lowest BCUT2D eigenvalue weighted by Gasteiger charge is -2.00. The third-order valence-corrected chi connectivity index (χ3v) is 4.94. The van der Waals surface area contributed by atoms with Gasteiger partial charge in [-0.1, -0.05) is 13.3 Å². The zero-order valence-electron chi connectivity index (χ0n) is 17.5. The molecular formula is C18H24N8O4. The Balaban J connectivity index is 0.000000177. The largest absolute Gasteiger partial charge is 0.339 e. The molecule has 0 saturated heterocycles. The van der Waals surface area contributed by atoms with Gasteiger partial charge in [0.15, 0.2) is 11.3 Å². The van der Waals surface area contributed by atoms with Gasteiger partial charge < -0.3 is 9.97 Å². The molecule has 30 heavy (non-hydrogen) atoms. The summed E-state index contributed by atoms with van der Waals surface area (Å²) in [5.41, 5.74) is 0.178. The Hall–Kier alpha value is -3.70. The summed E-state index contributed by atoms with van der Waals surface area (Å²) in [7, 11) is 6.10. The summed E-state index contributed by atoms with van der Waals surface area (Å²) in [6, 6.07) is 0. The molecule has 0 aromatic carbocycles. The highest BCUT2D eigenvalue weighted by Crippen LogP contribution is 2.06. The van der Waals surface area contributed by atoms with Gasteiger partial charge in [0.1, 0.15) is 16.9 Å². The number of unbranched alkanes of at least 4 members (excludes halogenated alkanes) is 1. The average Bonchev–Trinajstić information content (AvgIpc) is 3.40. The summed E-state index contributed by atoms with van der Waals surface area (Å²) in [6.07, 6.45) is 4.26. The summed E-state index contributed by atoms with van der Waals surface area (Å²) in [4.78, 5) is 60.3. The Bertz CT molecular complexity index is 1460. The van der Waals surface area contributed by atoms with Crippen molar-refractivity contribution in [2.45, 2.75) is 26.2 Å². The number of aryl methyl sites for hydroxylation is 3. The molecule has 12 heteroatoms. The van der Waals surface area contributed by atoms with Crippen molar-refractivity contribution >= 4 is 22.3 Å². The second kappa shape index (κ2) is 7.97. The lowest BCUT2D eigenvalue weighted by atomic mass is 10.2. The monoisotopic (exact) mass is 416 g/mol. The molecule has 4 heterocycles. The van der Waals surface area contributed by atoms with Crippen molar-refractivity contribution in [3.63, 3.8) is 0 Å². The van der Waals surface area contributed by atoms with Crippen LogP contribution in [0.25, 0.3) is 22.3 Å². The number of hydrogen-bond acceptors (Lipinski definition) is 6. The van der Waals surface area contributed by atoms with Gasteiger partial charge in [-0.05, 0) is 6.42 Å². The van der Waals surface area contributed by atoms with Gasteiger partial charge in [-0.2, -0.15) is 0 Å². The molecule has 0 aliphatic carbocycles. The normalized spacial score (nSPS) is 11.1. The second-order valence-electron chi connectivity index (χ2n) is 7.00. The zero-order chi connectivity index (χ0) is 22.2. The van der Waals surface area contributed by atoms with Gasteiger partial charge >= 0.3 is 11.4 Å². The highest BCUT2D eigenvalue weighted by Gasteiger charge is 2.13. The lowest BCUT2D eigenvalue weighted by Crippen LogP contribution is -2.36. The molecule has 160 valence electrons. The fourth-order valence-electron chi connectivity index (χ4n) is 3.11. The molecular weight excluding hydrogens is 392 g/mol. The number of imidazole rings is 2. The molecule has 0 radical (unpaired) electrons. The molecule has 0 fully saturated rings. The number of aromatic amines is 2. The maximum absolute atomic E-state index is 11.9. The molecule has 0 aliphatic rings. The van der Waals surface area contributed by atoms with E-state index in [0.717, 1.165) is 34.2 Å². The number of fused-ring (bicyclic) bond motifs is 2. The number of rotatable bonds is 3. The molecule has 0 unspecified atom stereocenters. The van der Waals surface area contributed by atoms with E-state index in [0.29, 0.717) is 22.3 Å².